The maximum atomic E-state index is 5.31. The molecule has 2 heterocycles. The lowest BCUT2D eigenvalue weighted by molar-refractivity contribution is 0.285. The van der Waals surface area contributed by atoms with Crippen LogP contribution in [0.5, 0.6) is 0 Å². The van der Waals surface area contributed by atoms with Gasteiger partial charge >= 0.3 is 0 Å². The molecule has 2 aromatic heterocycles. The van der Waals surface area contributed by atoms with E-state index >= 15 is 0 Å². The van der Waals surface area contributed by atoms with E-state index < -0.39 is 0 Å². The normalized spacial score (nSPS) is 11.0. The molecule has 0 aliphatic heterocycles. The van der Waals surface area contributed by atoms with Gasteiger partial charge in [0.25, 0.3) is 0 Å². The maximum Gasteiger partial charge on any atom is 0.134 e. The van der Waals surface area contributed by atoms with Gasteiger partial charge in [-0.15, -0.1) is 5.10 Å². The third-order valence-electron chi connectivity index (χ3n) is 2.32. The standard InChI is InChI=1S/C11H16N4OS/c1-3-12-11-10(13-14-17-11)8-15(2)7-9-5-4-6-16-9/h4-6,12H,3,7-8H2,1-2H3. The minimum absolute atomic E-state index is 0.763. The van der Waals surface area contributed by atoms with Gasteiger partial charge in [0.1, 0.15) is 16.5 Å². The lowest BCUT2D eigenvalue weighted by atomic mass is 10.3. The molecule has 0 aromatic carbocycles. The van der Waals surface area contributed by atoms with E-state index in [4.69, 9.17) is 4.42 Å². The van der Waals surface area contributed by atoms with E-state index in [1.54, 1.807) is 6.26 Å². The van der Waals surface area contributed by atoms with Crippen LogP contribution in [0, 0.1) is 0 Å². The molecule has 6 heteroatoms. The monoisotopic (exact) mass is 252 g/mol. The molecule has 2 aromatic rings. The SMILES string of the molecule is CCNc1snnc1CN(C)Cc1ccco1. The van der Waals surface area contributed by atoms with E-state index in [1.165, 1.54) is 11.5 Å². The van der Waals surface area contributed by atoms with Crippen molar-refractivity contribution in [1.29, 1.82) is 0 Å². The van der Waals surface area contributed by atoms with Crippen molar-refractivity contribution in [2.45, 2.75) is 20.0 Å². The number of rotatable bonds is 6. The van der Waals surface area contributed by atoms with Crippen LogP contribution in [0.25, 0.3) is 0 Å². The molecule has 17 heavy (non-hydrogen) atoms. The molecule has 2 rings (SSSR count). The highest BCUT2D eigenvalue weighted by Gasteiger charge is 2.10. The van der Waals surface area contributed by atoms with Crippen molar-refractivity contribution in [3.05, 3.63) is 29.9 Å². The number of nitrogens with zero attached hydrogens (tertiary/aromatic N) is 3. The van der Waals surface area contributed by atoms with Crippen molar-refractivity contribution in [2.24, 2.45) is 0 Å². The van der Waals surface area contributed by atoms with E-state index in [9.17, 15) is 0 Å². The molecule has 0 amide bonds. The third kappa shape index (κ3) is 3.28. The van der Waals surface area contributed by atoms with E-state index in [2.05, 4.69) is 26.7 Å². The Bertz CT molecular complexity index is 440. The first kappa shape index (κ1) is 12.1. The van der Waals surface area contributed by atoms with Crippen LogP contribution in [0.3, 0.4) is 0 Å². The molecule has 0 atom stereocenters. The Balaban J connectivity index is 1.93. The van der Waals surface area contributed by atoms with Gasteiger partial charge in [-0.3, -0.25) is 4.90 Å². The number of hydrogen-bond acceptors (Lipinski definition) is 6. The second-order valence-corrected chi connectivity index (χ2v) is 4.58. The zero-order valence-corrected chi connectivity index (χ0v) is 10.8. The molecule has 0 aliphatic rings. The van der Waals surface area contributed by atoms with Crippen LogP contribution >= 0.6 is 11.5 Å². The molecule has 92 valence electrons. The summed E-state index contributed by atoms with van der Waals surface area (Å²) in [6.07, 6.45) is 1.69. The minimum atomic E-state index is 0.763. The summed E-state index contributed by atoms with van der Waals surface area (Å²) in [7, 11) is 2.04. The first-order chi connectivity index (χ1) is 8.29. The smallest absolute Gasteiger partial charge is 0.134 e. The van der Waals surface area contributed by atoms with Gasteiger partial charge in [0.15, 0.2) is 0 Å². The Morgan fingerprint density at radius 2 is 2.35 bits per heavy atom. The van der Waals surface area contributed by atoms with Crippen LogP contribution in [-0.2, 0) is 13.1 Å². The Hall–Kier alpha value is -1.40. The van der Waals surface area contributed by atoms with Gasteiger partial charge in [0.05, 0.1) is 12.8 Å². The highest BCUT2D eigenvalue weighted by molar-refractivity contribution is 7.10. The van der Waals surface area contributed by atoms with Crippen LogP contribution in [0.1, 0.15) is 18.4 Å². The molecule has 0 aliphatic carbocycles. The van der Waals surface area contributed by atoms with E-state index in [-0.39, 0.29) is 0 Å². The molecule has 0 saturated carbocycles. The lowest BCUT2D eigenvalue weighted by Crippen LogP contribution is -2.18. The van der Waals surface area contributed by atoms with Crippen molar-refractivity contribution in [3.8, 4) is 0 Å². The second-order valence-electron chi connectivity index (χ2n) is 3.83. The van der Waals surface area contributed by atoms with Crippen molar-refractivity contribution in [3.63, 3.8) is 0 Å². The van der Waals surface area contributed by atoms with Crippen molar-refractivity contribution < 1.29 is 4.42 Å². The molecule has 0 spiro atoms. The van der Waals surface area contributed by atoms with Crippen LogP contribution in [0.15, 0.2) is 22.8 Å². The highest BCUT2D eigenvalue weighted by atomic mass is 32.1. The summed E-state index contributed by atoms with van der Waals surface area (Å²) in [6, 6.07) is 3.87. The van der Waals surface area contributed by atoms with Gasteiger partial charge in [0, 0.05) is 24.6 Å². The van der Waals surface area contributed by atoms with Crippen LogP contribution in [0.4, 0.5) is 5.00 Å². The minimum Gasteiger partial charge on any atom is -0.468 e. The van der Waals surface area contributed by atoms with E-state index in [0.717, 1.165) is 36.1 Å². The summed E-state index contributed by atoms with van der Waals surface area (Å²) in [5.41, 5.74) is 0.992. The van der Waals surface area contributed by atoms with Gasteiger partial charge in [-0.05, 0) is 26.1 Å². The number of anilines is 1. The van der Waals surface area contributed by atoms with Gasteiger partial charge in [-0.25, -0.2) is 0 Å². The molecule has 0 fully saturated rings. The Labute approximate surface area is 105 Å². The summed E-state index contributed by atoms with van der Waals surface area (Å²) in [5, 5.41) is 8.46. The molecule has 0 unspecified atom stereocenters. The predicted molar refractivity (Wildman–Crippen MR) is 68.0 cm³/mol. The molecule has 5 nitrogen and oxygen atoms in total. The van der Waals surface area contributed by atoms with Crippen molar-refractivity contribution in [2.75, 3.05) is 18.9 Å². The fourth-order valence-electron chi connectivity index (χ4n) is 1.59. The fourth-order valence-corrected chi connectivity index (χ4v) is 2.23. The summed E-state index contributed by atoms with van der Waals surface area (Å²) in [5.74, 6) is 0.959. The first-order valence-electron chi connectivity index (χ1n) is 5.55. The molecule has 0 saturated heterocycles. The zero-order valence-electron chi connectivity index (χ0n) is 10.0. The molecular formula is C11H16N4OS. The van der Waals surface area contributed by atoms with Crippen molar-refractivity contribution in [1.82, 2.24) is 14.5 Å². The van der Waals surface area contributed by atoms with Crippen molar-refractivity contribution >= 4 is 16.5 Å². The fraction of sp³-hybridized carbons (Fsp3) is 0.455. The predicted octanol–water partition coefficient (Wildman–Crippen LogP) is 2.19. The summed E-state index contributed by atoms with van der Waals surface area (Å²) < 4.78 is 9.28. The Morgan fingerprint density at radius 3 is 3.06 bits per heavy atom. The summed E-state index contributed by atoms with van der Waals surface area (Å²) >= 11 is 1.40. The van der Waals surface area contributed by atoms with Gasteiger partial charge < -0.3 is 9.73 Å². The third-order valence-corrected chi connectivity index (χ3v) is 3.04. The van der Waals surface area contributed by atoms with E-state index in [0.29, 0.717) is 0 Å². The second kappa shape index (κ2) is 5.79. The van der Waals surface area contributed by atoms with Gasteiger partial charge in [-0.2, -0.15) is 0 Å². The maximum absolute atomic E-state index is 5.31. The average molecular weight is 252 g/mol. The molecule has 0 bridgehead atoms. The average Bonchev–Trinajstić information content (AvgIpc) is 2.92. The first-order valence-corrected chi connectivity index (χ1v) is 6.33. The van der Waals surface area contributed by atoms with Crippen LogP contribution < -0.4 is 5.32 Å². The summed E-state index contributed by atoms with van der Waals surface area (Å²) in [4.78, 5) is 2.15. The molecular weight excluding hydrogens is 236 g/mol. The number of furan rings is 1. The highest BCUT2D eigenvalue weighted by Crippen LogP contribution is 2.19. The number of aromatic nitrogens is 2. The summed E-state index contributed by atoms with van der Waals surface area (Å²) in [6.45, 7) is 4.49. The number of hydrogen-bond donors (Lipinski definition) is 1. The zero-order chi connectivity index (χ0) is 12.1. The lowest BCUT2D eigenvalue weighted by Gasteiger charge is -2.14. The Morgan fingerprint density at radius 1 is 1.47 bits per heavy atom. The molecule has 0 radical (unpaired) electrons. The quantitative estimate of drug-likeness (QED) is 0.854. The topological polar surface area (TPSA) is 54.2 Å². The van der Waals surface area contributed by atoms with Crippen LogP contribution in [0.2, 0.25) is 0 Å². The van der Waals surface area contributed by atoms with Crippen LogP contribution in [-0.4, -0.2) is 28.1 Å². The van der Waals surface area contributed by atoms with E-state index in [1.807, 2.05) is 19.2 Å². The van der Waals surface area contributed by atoms with Gasteiger partial charge in [0.2, 0.25) is 0 Å². The number of nitrogens with one attached hydrogen (secondary N) is 1. The largest absolute Gasteiger partial charge is 0.468 e. The van der Waals surface area contributed by atoms with Gasteiger partial charge in [-0.1, -0.05) is 4.49 Å². The molecule has 1 N–H and O–H groups in total. The Kier molecular flexibility index (Phi) is 4.11.